The highest BCUT2D eigenvalue weighted by Gasteiger charge is 2.28. The lowest BCUT2D eigenvalue weighted by molar-refractivity contribution is 0.0698. The van der Waals surface area contributed by atoms with Crippen molar-refractivity contribution in [2.45, 2.75) is 31.7 Å². The molecule has 1 atom stereocenters. The molecule has 0 unspecified atom stereocenters. The first-order valence-corrected chi connectivity index (χ1v) is 7.77. The van der Waals surface area contributed by atoms with Crippen LogP contribution in [0.2, 0.25) is 0 Å². The number of carboxylic acids is 1. The number of nitrogens with two attached hydrogens (primary N) is 1. The molecule has 21 heavy (non-hydrogen) atoms. The molecule has 0 bridgehead atoms. The van der Waals surface area contributed by atoms with Gasteiger partial charge in [-0.15, -0.1) is 0 Å². The van der Waals surface area contributed by atoms with Gasteiger partial charge in [-0.3, -0.25) is 0 Å². The zero-order chi connectivity index (χ0) is 14.8. The van der Waals surface area contributed by atoms with Gasteiger partial charge >= 0.3 is 5.97 Å². The maximum atomic E-state index is 11.0. The number of carboxylic acid groups (broad SMARTS) is 1. The summed E-state index contributed by atoms with van der Waals surface area (Å²) in [7, 11) is 0. The van der Waals surface area contributed by atoms with E-state index in [1.165, 1.54) is 38.8 Å². The Bertz CT molecular complexity index is 526. The van der Waals surface area contributed by atoms with Crippen LogP contribution in [-0.4, -0.2) is 48.2 Å². The van der Waals surface area contributed by atoms with E-state index >= 15 is 0 Å². The van der Waals surface area contributed by atoms with Gasteiger partial charge in [0.25, 0.3) is 0 Å². The summed E-state index contributed by atoms with van der Waals surface area (Å²) >= 11 is 0. The van der Waals surface area contributed by atoms with Crippen molar-refractivity contribution in [2.24, 2.45) is 0 Å². The summed E-state index contributed by atoms with van der Waals surface area (Å²) in [5.74, 6) is -0.964. The van der Waals surface area contributed by atoms with Crippen molar-refractivity contribution < 1.29 is 9.90 Å². The third kappa shape index (κ3) is 2.97. The van der Waals surface area contributed by atoms with E-state index in [0.717, 1.165) is 18.8 Å². The summed E-state index contributed by atoms with van der Waals surface area (Å²) in [6.07, 6.45) is 5.02. The van der Waals surface area contributed by atoms with Crippen LogP contribution in [0, 0.1) is 0 Å². The Kier molecular flexibility index (Phi) is 4.01. The smallest absolute Gasteiger partial charge is 0.337 e. The first-order valence-electron chi connectivity index (χ1n) is 7.77. The van der Waals surface area contributed by atoms with Crippen molar-refractivity contribution in [3.63, 3.8) is 0 Å². The number of likely N-dealkylation sites (tertiary alicyclic amines) is 1. The summed E-state index contributed by atoms with van der Waals surface area (Å²) < 4.78 is 0. The molecule has 5 heteroatoms. The van der Waals surface area contributed by atoms with E-state index in [1.807, 2.05) is 12.1 Å². The normalized spacial score (nSPS) is 22.9. The molecule has 0 aromatic heterocycles. The van der Waals surface area contributed by atoms with Crippen LogP contribution in [0.1, 0.15) is 36.0 Å². The number of nitrogen functional groups attached to an aromatic ring is 1. The molecular formula is C16H23N3O2. The minimum absolute atomic E-state index is 0.189. The average Bonchev–Trinajstić information content (AvgIpc) is 3.10. The molecular weight excluding hydrogens is 266 g/mol. The number of hydrogen-bond donors (Lipinski definition) is 2. The summed E-state index contributed by atoms with van der Waals surface area (Å²) in [6, 6.07) is 5.85. The maximum absolute atomic E-state index is 11.0. The highest BCUT2D eigenvalue weighted by Crippen LogP contribution is 2.29. The fourth-order valence-electron chi connectivity index (χ4n) is 3.55. The van der Waals surface area contributed by atoms with E-state index in [9.17, 15) is 4.79 Å². The van der Waals surface area contributed by atoms with E-state index in [0.29, 0.717) is 11.7 Å². The monoisotopic (exact) mass is 289 g/mol. The standard InChI is InChI=1S/C16H23N3O2/c17-15-10-12(5-6-14(15)16(20)21)19-9-3-4-13(19)11-18-7-1-2-8-18/h5-6,10,13H,1-4,7-9,11,17H2,(H,20,21)/t13-/m0/s1. The van der Waals surface area contributed by atoms with E-state index in [-0.39, 0.29) is 5.56 Å². The van der Waals surface area contributed by atoms with Crippen molar-refractivity contribution >= 4 is 17.3 Å². The Balaban J connectivity index is 1.75. The SMILES string of the molecule is Nc1cc(N2CCC[C@H]2CN2CCCC2)ccc1C(=O)O. The minimum Gasteiger partial charge on any atom is -0.478 e. The van der Waals surface area contributed by atoms with Gasteiger partial charge in [0, 0.05) is 30.5 Å². The first kappa shape index (κ1) is 14.2. The van der Waals surface area contributed by atoms with E-state index < -0.39 is 5.97 Å². The van der Waals surface area contributed by atoms with Crippen molar-refractivity contribution in [1.29, 1.82) is 0 Å². The van der Waals surface area contributed by atoms with Crippen LogP contribution in [0.3, 0.4) is 0 Å². The van der Waals surface area contributed by atoms with Gasteiger partial charge in [-0.25, -0.2) is 4.79 Å². The minimum atomic E-state index is -0.964. The van der Waals surface area contributed by atoms with E-state index in [2.05, 4.69) is 9.80 Å². The summed E-state index contributed by atoms with van der Waals surface area (Å²) in [5.41, 5.74) is 7.48. The molecule has 2 aliphatic heterocycles. The van der Waals surface area contributed by atoms with Gasteiger partial charge in [-0.2, -0.15) is 0 Å². The Labute approximate surface area is 125 Å². The van der Waals surface area contributed by atoms with Gasteiger partial charge in [-0.05, 0) is 57.0 Å². The molecule has 3 N–H and O–H groups in total. The lowest BCUT2D eigenvalue weighted by Gasteiger charge is -2.30. The first-order chi connectivity index (χ1) is 10.1. The highest BCUT2D eigenvalue weighted by molar-refractivity contribution is 5.94. The number of anilines is 2. The topological polar surface area (TPSA) is 69.8 Å². The zero-order valence-electron chi connectivity index (χ0n) is 12.3. The lowest BCUT2D eigenvalue weighted by atomic mass is 10.1. The number of aromatic carboxylic acids is 1. The number of hydrogen-bond acceptors (Lipinski definition) is 4. The van der Waals surface area contributed by atoms with Gasteiger partial charge in [0.15, 0.2) is 0 Å². The van der Waals surface area contributed by atoms with Crippen LogP contribution in [0.5, 0.6) is 0 Å². The van der Waals surface area contributed by atoms with Crippen LogP contribution in [-0.2, 0) is 0 Å². The van der Waals surface area contributed by atoms with Gasteiger partial charge in [0.05, 0.1) is 5.56 Å². The second-order valence-electron chi connectivity index (χ2n) is 6.07. The fourth-order valence-corrected chi connectivity index (χ4v) is 3.55. The van der Waals surface area contributed by atoms with E-state index in [4.69, 9.17) is 10.8 Å². The Morgan fingerprint density at radius 1 is 1.24 bits per heavy atom. The Morgan fingerprint density at radius 3 is 2.67 bits per heavy atom. The molecule has 2 fully saturated rings. The third-order valence-corrected chi connectivity index (χ3v) is 4.64. The third-order valence-electron chi connectivity index (χ3n) is 4.64. The molecule has 0 radical (unpaired) electrons. The number of rotatable bonds is 4. The van der Waals surface area contributed by atoms with Crippen LogP contribution in [0.25, 0.3) is 0 Å². The Morgan fingerprint density at radius 2 is 2.00 bits per heavy atom. The van der Waals surface area contributed by atoms with Crippen molar-refractivity contribution in [3.8, 4) is 0 Å². The number of carbonyl (C=O) groups is 1. The van der Waals surface area contributed by atoms with Crippen LogP contribution >= 0.6 is 0 Å². The lowest BCUT2D eigenvalue weighted by Crippen LogP contribution is -2.39. The molecule has 114 valence electrons. The van der Waals surface area contributed by atoms with Crippen molar-refractivity contribution in [3.05, 3.63) is 23.8 Å². The van der Waals surface area contributed by atoms with Crippen LogP contribution < -0.4 is 10.6 Å². The maximum Gasteiger partial charge on any atom is 0.337 e. The zero-order valence-corrected chi connectivity index (χ0v) is 12.3. The molecule has 0 saturated carbocycles. The molecule has 5 nitrogen and oxygen atoms in total. The molecule has 2 heterocycles. The van der Waals surface area contributed by atoms with Gasteiger partial charge < -0.3 is 20.6 Å². The van der Waals surface area contributed by atoms with Crippen molar-refractivity contribution in [2.75, 3.05) is 36.8 Å². The summed E-state index contributed by atoms with van der Waals surface area (Å²) in [4.78, 5) is 16.0. The number of benzene rings is 1. The summed E-state index contributed by atoms with van der Waals surface area (Å²) in [5, 5.41) is 9.06. The molecule has 3 rings (SSSR count). The fraction of sp³-hybridized carbons (Fsp3) is 0.562. The molecule has 2 aliphatic rings. The predicted molar refractivity (Wildman–Crippen MR) is 83.9 cm³/mol. The van der Waals surface area contributed by atoms with Gasteiger partial charge in [-0.1, -0.05) is 0 Å². The quantitative estimate of drug-likeness (QED) is 0.830. The second-order valence-corrected chi connectivity index (χ2v) is 6.07. The van der Waals surface area contributed by atoms with Crippen LogP contribution in [0.15, 0.2) is 18.2 Å². The highest BCUT2D eigenvalue weighted by atomic mass is 16.4. The molecule has 1 aromatic rings. The van der Waals surface area contributed by atoms with Gasteiger partial charge in [0.2, 0.25) is 0 Å². The number of nitrogens with zero attached hydrogens (tertiary/aromatic N) is 2. The largest absolute Gasteiger partial charge is 0.478 e. The van der Waals surface area contributed by atoms with Crippen LogP contribution in [0.4, 0.5) is 11.4 Å². The molecule has 0 spiro atoms. The molecule has 0 aliphatic carbocycles. The van der Waals surface area contributed by atoms with Crippen molar-refractivity contribution in [1.82, 2.24) is 4.90 Å². The Hall–Kier alpha value is -1.75. The average molecular weight is 289 g/mol. The molecule has 1 aromatic carbocycles. The predicted octanol–water partition coefficient (Wildman–Crippen LogP) is 2.03. The molecule has 0 amide bonds. The molecule has 2 saturated heterocycles. The summed E-state index contributed by atoms with van der Waals surface area (Å²) in [6.45, 7) is 4.57. The second kappa shape index (κ2) is 5.93. The van der Waals surface area contributed by atoms with Gasteiger partial charge in [0.1, 0.15) is 0 Å². The van der Waals surface area contributed by atoms with E-state index in [1.54, 1.807) is 6.07 Å².